The highest BCUT2D eigenvalue weighted by Gasteiger charge is 2.18. The fraction of sp³-hybridized carbons (Fsp3) is 0.636. The lowest BCUT2D eigenvalue weighted by atomic mass is 9.85. The van der Waals surface area contributed by atoms with Crippen LogP contribution >= 0.6 is 0 Å². The number of nitrogens with one attached hydrogen (secondary N) is 1. The Morgan fingerprint density at radius 1 is 1.62 bits per heavy atom. The molecule has 0 unspecified atom stereocenters. The van der Waals surface area contributed by atoms with Crippen LogP contribution in [0.25, 0.3) is 0 Å². The van der Waals surface area contributed by atoms with Gasteiger partial charge in [-0.25, -0.2) is 0 Å². The van der Waals surface area contributed by atoms with E-state index in [4.69, 9.17) is 4.42 Å². The topological polar surface area (TPSA) is 25.2 Å². The zero-order valence-corrected chi connectivity index (χ0v) is 8.12. The van der Waals surface area contributed by atoms with Crippen molar-refractivity contribution in [2.24, 2.45) is 5.92 Å². The molecule has 1 fully saturated rings. The van der Waals surface area contributed by atoms with Gasteiger partial charge in [0.15, 0.2) is 0 Å². The average molecular weight is 179 g/mol. The molecule has 1 saturated carbocycles. The highest BCUT2D eigenvalue weighted by Crippen LogP contribution is 2.26. The van der Waals surface area contributed by atoms with Gasteiger partial charge in [0.1, 0.15) is 5.76 Å². The first-order valence-corrected chi connectivity index (χ1v) is 5.13. The molecule has 1 atom stereocenters. The first-order valence-electron chi connectivity index (χ1n) is 5.13. The molecule has 0 radical (unpaired) electrons. The van der Waals surface area contributed by atoms with Gasteiger partial charge in [-0.1, -0.05) is 6.42 Å². The Morgan fingerprint density at radius 3 is 3.00 bits per heavy atom. The molecule has 2 heteroatoms. The first kappa shape index (κ1) is 8.82. The lowest BCUT2D eigenvalue weighted by molar-refractivity contribution is 0.285. The van der Waals surface area contributed by atoms with Crippen LogP contribution in [0.1, 0.15) is 38.0 Å². The van der Waals surface area contributed by atoms with E-state index in [1.54, 1.807) is 6.26 Å². The van der Waals surface area contributed by atoms with Crippen molar-refractivity contribution in [3.8, 4) is 0 Å². The van der Waals surface area contributed by atoms with Gasteiger partial charge in [0.05, 0.1) is 12.3 Å². The maximum atomic E-state index is 5.32. The summed E-state index contributed by atoms with van der Waals surface area (Å²) in [6.07, 6.45) is 5.95. The largest absolute Gasteiger partial charge is 0.468 e. The summed E-state index contributed by atoms with van der Waals surface area (Å²) in [7, 11) is 0. The summed E-state index contributed by atoms with van der Waals surface area (Å²) < 4.78 is 5.32. The maximum Gasteiger partial charge on any atom is 0.120 e. The Morgan fingerprint density at radius 2 is 2.46 bits per heavy atom. The molecule has 2 nitrogen and oxygen atoms in total. The lowest BCUT2D eigenvalue weighted by Crippen LogP contribution is -2.29. The number of rotatable bonds is 4. The summed E-state index contributed by atoms with van der Waals surface area (Å²) in [5, 5.41) is 3.49. The van der Waals surface area contributed by atoms with E-state index in [-0.39, 0.29) is 0 Å². The molecule has 1 N–H and O–H groups in total. The highest BCUT2D eigenvalue weighted by molar-refractivity contribution is 5.02. The zero-order chi connectivity index (χ0) is 9.10. The van der Waals surface area contributed by atoms with Gasteiger partial charge in [-0.05, 0) is 44.4 Å². The second-order valence-corrected chi connectivity index (χ2v) is 3.94. The standard InChI is InChI=1S/C11H17NO/c1-9(11-6-3-7-13-11)12-8-10-4-2-5-10/h3,6-7,9-10,12H,2,4-5,8H2,1H3/t9-/m0/s1. The van der Waals surface area contributed by atoms with E-state index in [0.29, 0.717) is 6.04 Å². The van der Waals surface area contributed by atoms with E-state index < -0.39 is 0 Å². The van der Waals surface area contributed by atoms with Gasteiger partial charge < -0.3 is 9.73 Å². The van der Waals surface area contributed by atoms with Gasteiger partial charge in [0, 0.05) is 0 Å². The lowest BCUT2D eigenvalue weighted by Gasteiger charge is -2.26. The molecule has 1 aromatic rings. The summed E-state index contributed by atoms with van der Waals surface area (Å²) >= 11 is 0. The maximum absolute atomic E-state index is 5.32. The van der Waals surface area contributed by atoms with Crippen molar-refractivity contribution in [3.63, 3.8) is 0 Å². The average Bonchev–Trinajstić information content (AvgIpc) is 2.52. The third kappa shape index (κ3) is 2.13. The van der Waals surface area contributed by atoms with Crippen LogP contribution in [0, 0.1) is 5.92 Å². The van der Waals surface area contributed by atoms with Crippen LogP contribution in [-0.2, 0) is 0 Å². The van der Waals surface area contributed by atoms with E-state index in [9.17, 15) is 0 Å². The third-order valence-electron chi connectivity index (χ3n) is 2.91. The fourth-order valence-electron chi connectivity index (χ4n) is 1.68. The van der Waals surface area contributed by atoms with Crippen molar-refractivity contribution in [2.45, 2.75) is 32.2 Å². The monoisotopic (exact) mass is 179 g/mol. The van der Waals surface area contributed by atoms with Crippen molar-refractivity contribution in [2.75, 3.05) is 6.54 Å². The van der Waals surface area contributed by atoms with E-state index >= 15 is 0 Å². The normalized spacial score (nSPS) is 19.8. The van der Waals surface area contributed by atoms with E-state index in [1.807, 2.05) is 12.1 Å². The summed E-state index contributed by atoms with van der Waals surface area (Å²) in [5.41, 5.74) is 0. The second-order valence-electron chi connectivity index (χ2n) is 3.94. The minimum absolute atomic E-state index is 0.357. The molecule has 1 aliphatic carbocycles. The van der Waals surface area contributed by atoms with E-state index in [2.05, 4.69) is 12.2 Å². The smallest absolute Gasteiger partial charge is 0.120 e. The van der Waals surface area contributed by atoms with Gasteiger partial charge in [-0.3, -0.25) is 0 Å². The summed E-state index contributed by atoms with van der Waals surface area (Å²) in [5.74, 6) is 1.96. The van der Waals surface area contributed by atoms with Gasteiger partial charge in [-0.15, -0.1) is 0 Å². The first-order chi connectivity index (χ1) is 6.36. The molecule has 0 spiro atoms. The van der Waals surface area contributed by atoms with Gasteiger partial charge >= 0.3 is 0 Å². The Labute approximate surface area is 79.3 Å². The highest BCUT2D eigenvalue weighted by atomic mass is 16.3. The molecule has 0 amide bonds. The molecule has 0 saturated heterocycles. The predicted octanol–water partition coefficient (Wildman–Crippen LogP) is 2.73. The molecule has 1 heterocycles. The Balaban J connectivity index is 1.74. The Hall–Kier alpha value is -0.760. The van der Waals surface area contributed by atoms with Crippen molar-refractivity contribution in [3.05, 3.63) is 24.2 Å². The van der Waals surface area contributed by atoms with Crippen LogP contribution in [0.5, 0.6) is 0 Å². The van der Waals surface area contributed by atoms with Crippen LogP contribution in [0.2, 0.25) is 0 Å². The van der Waals surface area contributed by atoms with E-state index in [0.717, 1.165) is 18.2 Å². The van der Waals surface area contributed by atoms with E-state index in [1.165, 1.54) is 19.3 Å². The van der Waals surface area contributed by atoms with Crippen LogP contribution in [-0.4, -0.2) is 6.54 Å². The predicted molar refractivity (Wildman–Crippen MR) is 52.5 cm³/mol. The summed E-state index contributed by atoms with van der Waals surface area (Å²) in [4.78, 5) is 0. The van der Waals surface area contributed by atoms with Gasteiger partial charge in [-0.2, -0.15) is 0 Å². The molecular formula is C11H17NO. The van der Waals surface area contributed by atoms with Crippen LogP contribution in [0.15, 0.2) is 22.8 Å². The number of furan rings is 1. The summed E-state index contributed by atoms with van der Waals surface area (Å²) in [6, 6.07) is 4.32. The Kier molecular flexibility index (Phi) is 2.69. The molecule has 1 aromatic heterocycles. The molecular weight excluding hydrogens is 162 g/mol. The van der Waals surface area contributed by atoms with Crippen LogP contribution in [0.3, 0.4) is 0 Å². The van der Waals surface area contributed by atoms with Crippen molar-refractivity contribution >= 4 is 0 Å². The second kappa shape index (κ2) is 3.97. The third-order valence-corrected chi connectivity index (χ3v) is 2.91. The van der Waals surface area contributed by atoms with Gasteiger partial charge in [0.2, 0.25) is 0 Å². The summed E-state index contributed by atoms with van der Waals surface area (Å²) in [6.45, 7) is 3.29. The quantitative estimate of drug-likeness (QED) is 0.768. The van der Waals surface area contributed by atoms with Crippen molar-refractivity contribution in [1.82, 2.24) is 5.32 Å². The molecule has 0 aliphatic heterocycles. The molecule has 13 heavy (non-hydrogen) atoms. The molecule has 1 aliphatic rings. The van der Waals surface area contributed by atoms with Crippen LogP contribution in [0.4, 0.5) is 0 Å². The molecule has 72 valence electrons. The van der Waals surface area contributed by atoms with Crippen LogP contribution < -0.4 is 5.32 Å². The molecule has 0 aromatic carbocycles. The Bertz CT molecular complexity index is 239. The fourth-order valence-corrected chi connectivity index (χ4v) is 1.68. The van der Waals surface area contributed by atoms with Crippen molar-refractivity contribution < 1.29 is 4.42 Å². The minimum Gasteiger partial charge on any atom is -0.468 e. The number of hydrogen-bond donors (Lipinski definition) is 1. The SMILES string of the molecule is C[C@H](NCC1CCC1)c1ccco1. The minimum atomic E-state index is 0.357. The molecule has 0 bridgehead atoms. The zero-order valence-electron chi connectivity index (χ0n) is 8.12. The molecule has 2 rings (SSSR count). The van der Waals surface area contributed by atoms with Crippen molar-refractivity contribution in [1.29, 1.82) is 0 Å². The van der Waals surface area contributed by atoms with Gasteiger partial charge in [0.25, 0.3) is 0 Å². The number of hydrogen-bond acceptors (Lipinski definition) is 2.